The van der Waals surface area contributed by atoms with Crippen molar-refractivity contribution in [2.24, 2.45) is 10.9 Å². The van der Waals surface area contributed by atoms with Crippen LogP contribution >= 0.6 is 35.3 Å². The molecule has 0 aliphatic carbocycles. The van der Waals surface area contributed by atoms with E-state index >= 15 is 0 Å². The molecular formula is C25H38IN5S. The molecule has 7 heteroatoms. The summed E-state index contributed by atoms with van der Waals surface area (Å²) in [5.74, 6) is 1.78. The van der Waals surface area contributed by atoms with Gasteiger partial charge in [0.25, 0.3) is 0 Å². The number of nitrogens with one attached hydrogen (secondary N) is 2. The maximum atomic E-state index is 4.45. The number of benzene rings is 1. The summed E-state index contributed by atoms with van der Waals surface area (Å²) < 4.78 is 0. The molecule has 176 valence electrons. The Morgan fingerprint density at radius 2 is 1.72 bits per heavy atom. The Hall–Kier alpha value is -1.32. The van der Waals surface area contributed by atoms with Gasteiger partial charge in [-0.2, -0.15) is 11.3 Å². The second-order valence-corrected chi connectivity index (χ2v) is 9.87. The quantitative estimate of drug-likeness (QED) is 0.295. The van der Waals surface area contributed by atoms with E-state index in [2.05, 4.69) is 73.4 Å². The van der Waals surface area contributed by atoms with Crippen molar-refractivity contribution >= 4 is 47.0 Å². The first-order valence-corrected chi connectivity index (χ1v) is 12.7. The van der Waals surface area contributed by atoms with Crippen LogP contribution in [0.1, 0.15) is 43.7 Å². The van der Waals surface area contributed by atoms with Crippen molar-refractivity contribution in [3.05, 3.63) is 52.2 Å². The Balaban J connectivity index is 0.00000289. The Morgan fingerprint density at radius 1 is 1.00 bits per heavy atom. The standard InChI is InChI=1S/C25H37N5S.HI/c1-20-7-14-30(15-8-20)24-5-3-21(4-6-24)17-27-25(26-2)28-23-9-12-29(13-10-23)18-22-11-16-31-19-22;/h3-6,11,16,19-20,23H,7-10,12-15,17-18H2,1-2H3,(H2,26,27,28);1H. The van der Waals surface area contributed by atoms with E-state index in [0.29, 0.717) is 6.04 Å². The zero-order valence-electron chi connectivity index (χ0n) is 19.4. The van der Waals surface area contributed by atoms with Crippen LogP contribution in [0.2, 0.25) is 0 Å². The van der Waals surface area contributed by atoms with E-state index in [1.807, 2.05) is 7.05 Å². The highest BCUT2D eigenvalue weighted by molar-refractivity contribution is 14.0. The van der Waals surface area contributed by atoms with Crippen LogP contribution in [-0.2, 0) is 13.1 Å². The highest BCUT2D eigenvalue weighted by Crippen LogP contribution is 2.23. The molecule has 2 N–H and O–H groups in total. The first kappa shape index (κ1) is 25.3. The van der Waals surface area contributed by atoms with Crippen LogP contribution in [-0.4, -0.2) is 50.1 Å². The third-order valence-electron chi connectivity index (χ3n) is 6.68. The summed E-state index contributed by atoms with van der Waals surface area (Å²) in [6, 6.07) is 11.8. The lowest BCUT2D eigenvalue weighted by atomic mass is 9.99. The number of likely N-dealkylation sites (tertiary alicyclic amines) is 1. The van der Waals surface area contributed by atoms with Gasteiger partial charge in [0.15, 0.2) is 5.96 Å². The lowest BCUT2D eigenvalue weighted by Crippen LogP contribution is -2.48. The molecule has 0 amide bonds. The lowest BCUT2D eigenvalue weighted by molar-refractivity contribution is 0.198. The van der Waals surface area contributed by atoms with Crippen LogP contribution < -0.4 is 15.5 Å². The third-order valence-corrected chi connectivity index (χ3v) is 7.42. The summed E-state index contributed by atoms with van der Waals surface area (Å²) in [6.45, 7) is 8.89. The van der Waals surface area contributed by atoms with Crippen molar-refractivity contribution in [2.75, 3.05) is 38.1 Å². The van der Waals surface area contributed by atoms with Crippen LogP contribution in [0, 0.1) is 5.92 Å². The van der Waals surface area contributed by atoms with E-state index in [4.69, 9.17) is 0 Å². The number of guanidine groups is 1. The monoisotopic (exact) mass is 567 g/mol. The highest BCUT2D eigenvalue weighted by atomic mass is 127. The summed E-state index contributed by atoms with van der Waals surface area (Å²) in [5, 5.41) is 11.6. The van der Waals surface area contributed by atoms with E-state index < -0.39 is 0 Å². The maximum absolute atomic E-state index is 4.45. The van der Waals surface area contributed by atoms with Gasteiger partial charge in [-0.15, -0.1) is 24.0 Å². The molecule has 32 heavy (non-hydrogen) atoms. The van der Waals surface area contributed by atoms with Crippen LogP contribution in [0.5, 0.6) is 0 Å². The van der Waals surface area contributed by atoms with Crippen molar-refractivity contribution in [1.82, 2.24) is 15.5 Å². The summed E-state index contributed by atoms with van der Waals surface area (Å²) in [5.41, 5.74) is 4.09. The molecule has 2 aliphatic rings. The van der Waals surface area contributed by atoms with Gasteiger partial charge in [0.2, 0.25) is 0 Å². The first-order valence-electron chi connectivity index (χ1n) is 11.7. The molecule has 0 spiro atoms. The number of thiophene rings is 1. The second kappa shape index (κ2) is 12.8. The number of rotatable bonds is 6. The molecule has 2 aliphatic heterocycles. The average molecular weight is 568 g/mol. The summed E-state index contributed by atoms with van der Waals surface area (Å²) >= 11 is 1.79. The lowest BCUT2D eigenvalue weighted by Gasteiger charge is -2.33. The van der Waals surface area contributed by atoms with Crippen molar-refractivity contribution in [1.29, 1.82) is 0 Å². The largest absolute Gasteiger partial charge is 0.372 e. The molecule has 1 aromatic carbocycles. The smallest absolute Gasteiger partial charge is 0.191 e. The fourth-order valence-electron chi connectivity index (χ4n) is 4.54. The topological polar surface area (TPSA) is 42.9 Å². The number of hydrogen-bond donors (Lipinski definition) is 2. The highest BCUT2D eigenvalue weighted by Gasteiger charge is 2.20. The van der Waals surface area contributed by atoms with E-state index in [1.165, 1.54) is 42.7 Å². The predicted molar refractivity (Wildman–Crippen MR) is 148 cm³/mol. The Bertz CT molecular complexity index is 807. The molecule has 0 atom stereocenters. The van der Waals surface area contributed by atoms with Crippen molar-refractivity contribution in [2.45, 2.75) is 51.7 Å². The van der Waals surface area contributed by atoms with Gasteiger partial charge in [-0.25, -0.2) is 0 Å². The number of hydrogen-bond acceptors (Lipinski definition) is 4. The number of anilines is 1. The second-order valence-electron chi connectivity index (χ2n) is 9.09. The Labute approximate surface area is 214 Å². The third kappa shape index (κ3) is 7.35. The molecule has 4 rings (SSSR count). The summed E-state index contributed by atoms with van der Waals surface area (Å²) in [7, 11) is 1.86. The summed E-state index contributed by atoms with van der Waals surface area (Å²) in [6.07, 6.45) is 4.93. The van der Waals surface area contributed by atoms with Crippen molar-refractivity contribution in [3.63, 3.8) is 0 Å². The van der Waals surface area contributed by atoms with Gasteiger partial charge < -0.3 is 15.5 Å². The number of nitrogens with zero attached hydrogens (tertiary/aromatic N) is 3. The fraction of sp³-hybridized carbons (Fsp3) is 0.560. The van der Waals surface area contributed by atoms with Gasteiger partial charge in [0, 0.05) is 58.0 Å². The van der Waals surface area contributed by atoms with Crippen molar-refractivity contribution in [3.8, 4) is 0 Å². The normalized spacial score (nSPS) is 18.9. The molecule has 0 unspecified atom stereocenters. The first-order chi connectivity index (χ1) is 15.2. The molecule has 0 radical (unpaired) electrons. The molecule has 0 saturated carbocycles. The minimum absolute atomic E-state index is 0. The molecule has 3 heterocycles. The number of halogens is 1. The van der Waals surface area contributed by atoms with Gasteiger partial charge in [-0.1, -0.05) is 19.1 Å². The van der Waals surface area contributed by atoms with E-state index in [-0.39, 0.29) is 24.0 Å². The van der Waals surface area contributed by atoms with Crippen molar-refractivity contribution < 1.29 is 0 Å². The van der Waals surface area contributed by atoms with E-state index in [9.17, 15) is 0 Å². The van der Waals surface area contributed by atoms with Crippen LogP contribution in [0.25, 0.3) is 0 Å². The minimum Gasteiger partial charge on any atom is -0.372 e. The minimum atomic E-state index is 0. The molecule has 2 fully saturated rings. The van der Waals surface area contributed by atoms with Crippen LogP contribution in [0.4, 0.5) is 5.69 Å². The zero-order chi connectivity index (χ0) is 21.5. The molecule has 5 nitrogen and oxygen atoms in total. The predicted octanol–water partition coefficient (Wildman–Crippen LogP) is 4.93. The SMILES string of the molecule is CN=C(NCc1ccc(N2CCC(C)CC2)cc1)NC1CCN(Cc2ccsc2)CC1.I. The average Bonchev–Trinajstić information content (AvgIpc) is 3.32. The molecule has 2 aromatic rings. The van der Waals surface area contributed by atoms with Gasteiger partial charge >= 0.3 is 0 Å². The van der Waals surface area contributed by atoms with Crippen LogP contribution in [0.15, 0.2) is 46.1 Å². The number of piperidine rings is 2. The molecule has 0 bridgehead atoms. The van der Waals surface area contributed by atoms with Gasteiger partial charge in [0.1, 0.15) is 0 Å². The molecule has 2 saturated heterocycles. The summed E-state index contributed by atoms with van der Waals surface area (Å²) in [4.78, 5) is 9.52. The van der Waals surface area contributed by atoms with E-state index in [0.717, 1.165) is 50.9 Å². The maximum Gasteiger partial charge on any atom is 0.191 e. The molecule has 1 aromatic heterocycles. The van der Waals surface area contributed by atoms with Gasteiger partial charge in [0.05, 0.1) is 0 Å². The van der Waals surface area contributed by atoms with Gasteiger partial charge in [-0.3, -0.25) is 9.89 Å². The van der Waals surface area contributed by atoms with Crippen LogP contribution in [0.3, 0.4) is 0 Å². The zero-order valence-corrected chi connectivity index (χ0v) is 22.6. The number of aliphatic imine (C=N–C) groups is 1. The van der Waals surface area contributed by atoms with E-state index in [1.54, 1.807) is 11.3 Å². The Kier molecular flexibility index (Phi) is 10.1. The Morgan fingerprint density at radius 3 is 2.34 bits per heavy atom. The van der Waals surface area contributed by atoms with Gasteiger partial charge in [-0.05, 0) is 71.7 Å². The fourth-order valence-corrected chi connectivity index (χ4v) is 5.20. The molecular weight excluding hydrogens is 529 g/mol.